The second-order valence-electron chi connectivity index (χ2n) is 5.23. The summed E-state index contributed by atoms with van der Waals surface area (Å²) < 4.78 is 15.7. The van der Waals surface area contributed by atoms with Gasteiger partial charge in [-0.3, -0.25) is 4.79 Å². The van der Waals surface area contributed by atoms with E-state index >= 15 is 0 Å². The highest BCUT2D eigenvalue weighted by Crippen LogP contribution is 2.23. The molecule has 0 aliphatic rings. The Morgan fingerprint density at radius 3 is 2.91 bits per heavy atom. The lowest BCUT2D eigenvalue weighted by Gasteiger charge is -2.08. The van der Waals surface area contributed by atoms with Gasteiger partial charge in [0.05, 0.1) is 10.6 Å². The molecule has 0 atom stereocenters. The van der Waals surface area contributed by atoms with Crippen molar-refractivity contribution in [2.45, 2.75) is 13.3 Å². The lowest BCUT2D eigenvalue weighted by Crippen LogP contribution is -2.09. The average molecular weight is 312 g/mol. The summed E-state index contributed by atoms with van der Waals surface area (Å²) >= 11 is 1.43. The van der Waals surface area contributed by atoms with Crippen LogP contribution in [-0.4, -0.2) is 10.4 Å². The molecule has 0 spiro atoms. The zero-order chi connectivity index (χ0) is 15.7. The fraction of sp³-hybridized carbons (Fsp3) is 0.167. The van der Waals surface area contributed by atoms with Crippen molar-refractivity contribution in [3.05, 3.63) is 81.1 Å². The Morgan fingerprint density at radius 1 is 1.41 bits per heavy atom. The molecule has 4 heteroatoms. The Hall–Kier alpha value is -2.20. The molecule has 22 heavy (non-hydrogen) atoms. The van der Waals surface area contributed by atoms with E-state index in [9.17, 15) is 9.18 Å². The maximum Gasteiger partial charge on any atom is 0.219 e. The van der Waals surface area contributed by atoms with Crippen LogP contribution in [0.5, 0.6) is 0 Å². The van der Waals surface area contributed by atoms with Crippen LogP contribution in [-0.2, 0) is 13.5 Å². The Labute approximate surface area is 132 Å². The van der Waals surface area contributed by atoms with Crippen LogP contribution in [0, 0.1) is 18.8 Å². The maximum atomic E-state index is 13.8. The predicted molar refractivity (Wildman–Crippen MR) is 85.9 cm³/mol. The third-order valence-electron chi connectivity index (χ3n) is 3.75. The lowest BCUT2D eigenvalue weighted by molar-refractivity contribution is 0.103. The van der Waals surface area contributed by atoms with E-state index in [-0.39, 0.29) is 11.6 Å². The third-order valence-corrected chi connectivity index (χ3v) is 4.62. The van der Waals surface area contributed by atoms with Crippen LogP contribution in [0.15, 0.2) is 41.8 Å². The van der Waals surface area contributed by atoms with Crippen LogP contribution < -0.4 is 0 Å². The van der Waals surface area contributed by atoms with E-state index in [1.54, 1.807) is 12.1 Å². The predicted octanol–water partition coefficient (Wildman–Crippen LogP) is 4.16. The van der Waals surface area contributed by atoms with Crippen molar-refractivity contribution >= 4 is 17.1 Å². The topological polar surface area (TPSA) is 22.0 Å². The Bertz CT molecular complexity index is 818. The second kappa shape index (κ2) is 5.89. The SMILES string of the molecule is Cc1cc(Cc2cc[c]cc2F)n(C)c1C(=O)c1cccs1. The minimum atomic E-state index is -0.271. The fourth-order valence-electron chi connectivity index (χ4n) is 2.63. The van der Waals surface area contributed by atoms with Gasteiger partial charge in [-0.05, 0) is 47.7 Å². The molecular weight excluding hydrogens is 297 g/mol. The van der Waals surface area contributed by atoms with E-state index in [4.69, 9.17) is 0 Å². The van der Waals surface area contributed by atoms with Gasteiger partial charge in [0.2, 0.25) is 5.78 Å². The Morgan fingerprint density at radius 2 is 2.23 bits per heavy atom. The molecule has 1 aromatic carbocycles. The van der Waals surface area contributed by atoms with Gasteiger partial charge in [-0.2, -0.15) is 0 Å². The van der Waals surface area contributed by atoms with Gasteiger partial charge >= 0.3 is 0 Å². The van der Waals surface area contributed by atoms with Crippen molar-refractivity contribution in [2.75, 3.05) is 0 Å². The smallest absolute Gasteiger partial charge is 0.219 e. The van der Waals surface area contributed by atoms with Gasteiger partial charge in [-0.25, -0.2) is 4.39 Å². The van der Waals surface area contributed by atoms with Crippen LogP contribution in [0.25, 0.3) is 0 Å². The Balaban J connectivity index is 1.97. The van der Waals surface area contributed by atoms with Crippen molar-refractivity contribution < 1.29 is 9.18 Å². The van der Waals surface area contributed by atoms with Gasteiger partial charge in [0, 0.05) is 19.2 Å². The number of benzene rings is 1. The van der Waals surface area contributed by atoms with E-state index < -0.39 is 0 Å². The van der Waals surface area contributed by atoms with Gasteiger partial charge in [0.25, 0.3) is 0 Å². The van der Waals surface area contributed by atoms with Crippen LogP contribution in [0.2, 0.25) is 0 Å². The summed E-state index contributed by atoms with van der Waals surface area (Å²) in [7, 11) is 1.86. The van der Waals surface area contributed by atoms with Crippen LogP contribution in [0.3, 0.4) is 0 Å². The highest BCUT2D eigenvalue weighted by molar-refractivity contribution is 7.12. The molecule has 0 N–H and O–H groups in total. The molecule has 0 aliphatic heterocycles. The molecular formula is C18H15FNOS. The molecule has 0 saturated heterocycles. The van der Waals surface area contributed by atoms with Crippen molar-refractivity contribution in [1.82, 2.24) is 4.57 Å². The van der Waals surface area contributed by atoms with E-state index in [0.717, 1.165) is 16.1 Å². The molecule has 3 rings (SSSR count). The normalized spacial score (nSPS) is 10.9. The summed E-state index contributed by atoms with van der Waals surface area (Å²) in [4.78, 5) is 13.3. The number of rotatable bonds is 4. The molecule has 2 heterocycles. The number of nitrogens with zero attached hydrogens (tertiary/aromatic N) is 1. The minimum absolute atomic E-state index is 0.0168. The lowest BCUT2D eigenvalue weighted by atomic mass is 10.1. The third kappa shape index (κ3) is 2.62. The molecule has 1 radical (unpaired) electrons. The zero-order valence-electron chi connectivity index (χ0n) is 12.4. The van der Waals surface area contributed by atoms with Crippen LogP contribution >= 0.6 is 11.3 Å². The molecule has 2 aromatic heterocycles. The van der Waals surface area contributed by atoms with Gasteiger partial charge in [0.1, 0.15) is 5.82 Å². The molecule has 0 saturated carbocycles. The summed E-state index contributed by atoms with van der Waals surface area (Å²) in [5.41, 5.74) is 3.11. The van der Waals surface area contributed by atoms with Crippen molar-refractivity contribution in [1.29, 1.82) is 0 Å². The molecule has 111 valence electrons. The molecule has 0 bridgehead atoms. The molecule has 0 amide bonds. The monoisotopic (exact) mass is 312 g/mol. The number of aromatic nitrogens is 1. The molecule has 0 fully saturated rings. The highest BCUT2D eigenvalue weighted by atomic mass is 32.1. The van der Waals surface area contributed by atoms with Crippen LogP contribution in [0.1, 0.15) is 32.2 Å². The summed E-state index contributed by atoms with van der Waals surface area (Å²) in [5, 5.41) is 1.89. The number of hydrogen-bond donors (Lipinski definition) is 0. The van der Waals surface area contributed by atoms with Gasteiger partial charge in [-0.15, -0.1) is 11.3 Å². The number of hydrogen-bond acceptors (Lipinski definition) is 2. The quantitative estimate of drug-likeness (QED) is 0.663. The molecule has 0 aliphatic carbocycles. The Kier molecular flexibility index (Phi) is 3.94. The second-order valence-corrected chi connectivity index (χ2v) is 6.17. The summed E-state index contributed by atoms with van der Waals surface area (Å²) in [6.07, 6.45) is 0.454. The first-order valence-electron chi connectivity index (χ1n) is 6.96. The summed E-state index contributed by atoms with van der Waals surface area (Å²) in [6, 6.07) is 13.1. The maximum absolute atomic E-state index is 13.8. The highest BCUT2D eigenvalue weighted by Gasteiger charge is 2.19. The largest absolute Gasteiger partial charge is 0.344 e. The standard InChI is InChI=1S/C18H15FNOS/c1-12-10-14(11-13-6-3-4-7-15(13)19)20(2)17(12)18(21)16-8-5-9-22-16/h3,5-10H,11H2,1-2H3. The fourth-order valence-corrected chi connectivity index (χ4v) is 3.29. The zero-order valence-corrected chi connectivity index (χ0v) is 13.2. The first-order chi connectivity index (χ1) is 10.6. The number of carbonyl (C=O) groups is 1. The molecule has 2 nitrogen and oxygen atoms in total. The van der Waals surface area contributed by atoms with Gasteiger partial charge in [0.15, 0.2) is 0 Å². The van der Waals surface area contributed by atoms with Gasteiger partial charge in [-0.1, -0.05) is 18.2 Å². The summed E-state index contributed by atoms with van der Waals surface area (Å²) in [5.74, 6) is -0.254. The van der Waals surface area contributed by atoms with E-state index in [1.807, 2.05) is 42.1 Å². The first kappa shape index (κ1) is 14.7. The minimum Gasteiger partial charge on any atom is -0.344 e. The van der Waals surface area contributed by atoms with Crippen molar-refractivity contribution in [3.63, 3.8) is 0 Å². The number of halogens is 1. The summed E-state index contributed by atoms with van der Waals surface area (Å²) in [6.45, 7) is 1.92. The number of ketones is 1. The van der Waals surface area contributed by atoms with Crippen molar-refractivity contribution in [3.8, 4) is 0 Å². The number of thiophene rings is 1. The van der Waals surface area contributed by atoms with Gasteiger partial charge < -0.3 is 4.57 Å². The number of aryl methyl sites for hydroxylation is 1. The van der Waals surface area contributed by atoms with E-state index in [1.165, 1.54) is 17.4 Å². The number of carbonyl (C=O) groups excluding carboxylic acids is 1. The average Bonchev–Trinajstić information content (AvgIpc) is 3.11. The van der Waals surface area contributed by atoms with E-state index in [0.29, 0.717) is 17.7 Å². The molecule has 0 unspecified atom stereocenters. The van der Waals surface area contributed by atoms with Crippen LogP contribution in [0.4, 0.5) is 4.39 Å². The molecule has 3 aromatic rings. The van der Waals surface area contributed by atoms with Crippen molar-refractivity contribution in [2.24, 2.45) is 7.05 Å². The van der Waals surface area contributed by atoms with E-state index in [2.05, 4.69) is 6.07 Å². The first-order valence-corrected chi connectivity index (χ1v) is 7.83.